The van der Waals surface area contributed by atoms with E-state index in [0.717, 1.165) is 36.8 Å². The predicted octanol–water partition coefficient (Wildman–Crippen LogP) is 3.83. The summed E-state index contributed by atoms with van der Waals surface area (Å²) >= 11 is 0. The Hall–Kier alpha value is -2.60. The van der Waals surface area contributed by atoms with Crippen LogP contribution in [0.15, 0.2) is 42.7 Å². The van der Waals surface area contributed by atoms with E-state index in [0.29, 0.717) is 18.7 Å². The number of piperidine rings is 1. The number of aromatic nitrogens is 1. The van der Waals surface area contributed by atoms with E-state index in [1.165, 1.54) is 18.5 Å². The minimum Gasteiger partial charge on any atom is -0.385 e. The van der Waals surface area contributed by atoms with E-state index in [2.05, 4.69) is 51.7 Å². The molecule has 2 aromatic rings. The van der Waals surface area contributed by atoms with Crippen molar-refractivity contribution in [1.29, 1.82) is 0 Å². The first-order valence-corrected chi connectivity index (χ1v) is 10.00. The predicted molar refractivity (Wildman–Crippen MR) is 113 cm³/mol. The number of pyridine rings is 1. The molecule has 6 nitrogen and oxygen atoms in total. The highest BCUT2D eigenvalue weighted by molar-refractivity contribution is 5.94. The number of rotatable bonds is 8. The highest BCUT2D eigenvalue weighted by Gasteiger charge is 2.15. The fourth-order valence-corrected chi connectivity index (χ4v) is 3.34. The zero-order valence-electron chi connectivity index (χ0n) is 16.8. The van der Waals surface area contributed by atoms with Gasteiger partial charge in [0.1, 0.15) is 0 Å². The normalized spacial score (nSPS) is 14.7. The number of hydrogen-bond donors (Lipinski definition) is 2. The van der Waals surface area contributed by atoms with Gasteiger partial charge < -0.3 is 20.3 Å². The Labute approximate surface area is 167 Å². The Bertz CT molecular complexity index is 755. The molecule has 150 valence electrons. The molecular weight excluding hydrogens is 352 g/mol. The molecule has 1 aliphatic rings. The van der Waals surface area contributed by atoms with E-state index in [9.17, 15) is 4.79 Å². The molecule has 28 heavy (non-hydrogen) atoms. The SMILES string of the molecule is COCCCNC(=O)c1cncc(Nc2ccc(N3CCC(C)CC3)cc2)c1. The van der Waals surface area contributed by atoms with Gasteiger partial charge in [0, 0.05) is 50.9 Å². The second-order valence-electron chi connectivity index (χ2n) is 7.41. The molecule has 0 aliphatic carbocycles. The maximum absolute atomic E-state index is 12.2. The van der Waals surface area contributed by atoms with Crippen LogP contribution in [0, 0.1) is 5.92 Å². The van der Waals surface area contributed by atoms with Crippen LogP contribution in [0.5, 0.6) is 0 Å². The molecule has 1 saturated heterocycles. The number of carbonyl (C=O) groups excluding carboxylic acids is 1. The van der Waals surface area contributed by atoms with Crippen LogP contribution in [0.2, 0.25) is 0 Å². The van der Waals surface area contributed by atoms with Gasteiger partial charge >= 0.3 is 0 Å². The van der Waals surface area contributed by atoms with E-state index in [1.54, 1.807) is 19.5 Å². The molecule has 3 rings (SSSR count). The third-order valence-electron chi connectivity index (χ3n) is 5.12. The van der Waals surface area contributed by atoms with Gasteiger partial charge in [-0.25, -0.2) is 0 Å². The van der Waals surface area contributed by atoms with E-state index >= 15 is 0 Å². The summed E-state index contributed by atoms with van der Waals surface area (Å²) in [4.78, 5) is 18.9. The van der Waals surface area contributed by atoms with Gasteiger partial charge in [-0.15, -0.1) is 0 Å². The molecule has 0 spiro atoms. The van der Waals surface area contributed by atoms with Gasteiger partial charge in [0.05, 0.1) is 17.4 Å². The number of amides is 1. The van der Waals surface area contributed by atoms with E-state index in [1.807, 2.05) is 6.07 Å². The quantitative estimate of drug-likeness (QED) is 0.679. The van der Waals surface area contributed by atoms with Crippen LogP contribution in [0.25, 0.3) is 0 Å². The van der Waals surface area contributed by atoms with Crippen molar-refractivity contribution in [1.82, 2.24) is 10.3 Å². The molecule has 2 N–H and O–H groups in total. The minimum absolute atomic E-state index is 0.123. The summed E-state index contributed by atoms with van der Waals surface area (Å²) in [6.45, 7) is 5.79. The Morgan fingerprint density at radius 3 is 2.64 bits per heavy atom. The molecule has 0 saturated carbocycles. The minimum atomic E-state index is -0.123. The van der Waals surface area contributed by atoms with Crippen molar-refractivity contribution in [3.8, 4) is 0 Å². The fraction of sp³-hybridized carbons (Fsp3) is 0.455. The lowest BCUT2D eigenvalue weighted by molar-refractivity contribution is 0.0948. The standard InChI is InChI=1S/C22H30N4O2/c1-17-8-11-26(12-9-17)21-6-4-19(5-7-21)25-20-14-18(15-23-16-20)22(27)24-10-3-13-28-2/h4-7,14-17,25H,3,8-13H2,1-2H3,(H,24,27). The molecule has 1 amide bonds. The number of carbonyl (C=O) groups is 1. The molecule has 0 atom stereocenters. The largest absolute Gasteiger partial charge is 0.385 e. The van der Waals surface area contributed by atoms with Gasteiger partial charge in [0.2, 0.25) is 0 Å². The first kappa shape index (κ1) is 20.1. The summed E-state index contributed by atoms with van der Waals surface area (Å²) in [5.41, 5.74) is 3.58. The summed E-state index contributed by atoms with van der Waals surface area (Å²) < 4.78 is 4.99. The lowest BCUT2D eigenvalue weighted by Gasteiger charge is -2.32. The fourth-order valence-electron chi connectivity index (χ4n) is 3.34. The Morgan fingerprint density at radius 1 is 1.18 bits per heavy atom. The highest BCUT2D eigenvalue weighted by Crippen LogP contribution is 2.25. The second-order valence-corrected chi connectivity index (χ2v) is 7.41. The average Bonchev–Trinajstić information content (AvgIpc) is 2.72. The molecular formula is C22H30N4O2. The number of benzene rings is 1. The van der Waals surface area contributed by atoms with E-state index in [-0.39, 0.29) is 5.91 Å². The summed E-state index contributed by atoms with van der Waals surface area (Å²) in [6, 6.07) is 10.3. The van der Waals surface area contributed by atoms with Gasteiger partial charge in [0.25, 0.3) is 5.91 Å². The highest BCUT2D eigenvalue weighted by atomic mass is 16.5. The zero-order valence-corrected chi connectivity index (χ0v) is 16.8. The second kappa shape index (κ2) is 10.1. The van der Waals surface area contributed by atoms with Gasteiger partial charge in [0.15, 0.2) is 0 Å². The first-order valence-electron chi connectivity index (χ1n) is 10.00. The van der Waals surface area contributed by atoms with Crippen molar-refractivity contribution in [2.45, 2.75) is 26.2 Å². The first-order chi connectivity index (χ1) is 13.7. The van der Waals surface area contributed by atoms with Crippen molar-refractivity contribution >= 4 is 23.0 Å². The molecule has 6 heteroatoms. The number of hydrogen-bond acceptors (Lipinski definition) is 5. The Balaban J connectivity index is 1.57. The van der Waals surface area contributed by atoms with E-state index in [4.69, 9.17) is 4.74 Å². The summed E-state index contributed by atoms with van der Waals surface area (Å²) in [5.74, 6) is 0.705. The van der Waals surface area contributed by atoms with Crippen LogP contribution in [-0.4, -0.2) is 44.2 Å². The van der Waals surface area contributed by atoms with Gasteiger partial charge in [-0.2, -0.15) is 0 Å². The molecule has 1 aromatic carbocycles. The zero-order chi connectivity index (χ0) is 19.8. The summed E-state index contributed by atoms with van der Waals surface area (Å²) in [5, 5.41) is 6.21. The Kier molecular flexibility index (Phi) is 7.25. The van der Waals surface area contributed by atoms with Gasteiger partial charge in [-0.05, 0) is 55.5 Å². The summed E-state index contributed by atoms with van der Waals surface area (Å²) in [7, 11) is 1.65. The molecule has 1 fully saturated rings. The molecule has 0 radical (unpaired) electrons. The van der Waals surface area contributed by atoms with Crippen LogP contribution in [-0.2, 0) is 4.74 Å². The lowest BCUT2D eigenvalue weighted by atomic mass is 9.99. The van der Waals surface area contributed by atoms with Crippen molar-refractivity contribution in [3.63, 3.8) is 0 Å². The van der Waals surface area contributed by atoms with Gasteiger partial charge in [-0.1, -0.05) is 6.92 Å². The smallest absolute Gasteiger partial charge is 0.252 e. The van der Waals surface area contributed by atoms with Gasteiger partial charge in [-0.3, -0.25) is 9.78 Å². The molecule has 2 heterocycles. The van der Waals surface area contributed by atoms with Crippen molar-refractivity contribution < 1.29 is 9.53 Å². The third-order valence-corrected chi connectivity index (χ3v) is 5.12. The van der Waals surface area contributed by atoms with Crippen molar-refractivity contribution in [2.24, 2.45) is 5.92 Å². The van der Waals surface area contributed by atoms with Crippen molar-refractivity contribution in [3.05, 3.63) is 48.3 Å². The number of ether oxygens (including phenoxy) is 1. The van der Waals surface area contributed by atoms with Crippen LogP contribution in [0.4, 0.5) is 17.1 Å². The summed E-state index contributed by atoms with van der Waals surface area (Å²) in [6.07, 6.45) is 6.60. The third kappa shape index (κ3) is 5.70. The monoisotopic (exact) mass is 382 g/mol. The maximum Gasteiger partial charge on any atom is 0.252 e. The number of methoxy groups -OCH3 is 1. The average molecular weight is 383 g/mol. The van der Waals surface area contributed by atoms with Crippen LogP contribution in [0.1, 0.15) is 36.5 Å². The number of anilines is 3. The van der Waals surface area contributed by atoms with Crippen LogP contribution >= 0.6 is 0 Å². The van der Waals surface area contributed by atoms with Crippen LogP contribution < -0.4 is 15.5 Å². The van der Waals surface area contributed by atoms with E-state index < -0.39 is 0 Å². The number of nitrogens with one attached hydrogen (secondary N) is 2. The lowest BCUT2D eigenvalue weighted by Crippen LogP contribution is -2.32. The maximum atomic E-state index is 12.2. The molecule has 1 aromatic heterocycles. The Morgan fingerprint density at radius 2 is 1.93 bits per heavy atom. The molecule has 0 unspecified atom stereocenters. The van der Waals surface area contributed by atoms with Crippen molar-refractivity contribution in [2.75, 3.05) is 43.6 Å². The molecule has 1 aliphatic heterocycles. The van der Waals surface area contributed by atoms with Crippen LogP contribution in [0.3, 0.4) is 0 Å². The number of nitrogens with zero attached hydrogens (tertiary/aromatic N) is 2. The molecule has 0 bridgehead atoms. The topological polar surface area (TPSA) is 66.5 Å².